The number of aromatic nitrogens is 2. The van der Waals surface area contributed by atoms with Crippen LogP contribution in [0.5, 0.6) is 0 Å². The second-order valence-electron chi connectivity index (χ2n) is 5.08. The van der Waals surface area contributed by atoms with E-state index in [1.165, 1.54) is 0 Å². The molecule has 3 rings (SSSR count). The number of benzene rings is 1. The molecule has 0 spiro atoms. The number of anilines is 1. The number of nitrogens with zero attached hydrogens (tertiary/aromatic N) is 2. The Labute approximate surface area is 138 Å². The molecule has 0 aliphatic rings. The van der Waals surface area contributed by atoms with Crippen LogP contribution in [-0.2, 0) is 17.6 Å². The quantitative estimate of drug-likeness (QED) is 0.745. The van der Waals surface area contributed by atoms with Gasteiger partial charge in [-0.3, -0.25) is 4.79 Å². The average molecular weight is 327 g/mol. The SMILES string of the molecule is CCc1ccccc1NC(=O)CCc1nc(-c2ccsc2)no1. The summed E-state index contributed by atoms with van der Waals surface area (Å²) >= 11 is 1.58. The minimum Gasteiger partial charge on any atom is -0.339 e. The lowest BCUT2D eigenvalue weighted by Gasteiger charge is -2.08. The molecule has 0 fully saturated rings. The molecule has 3 aromatic rings. The third kappa shape index (κ3) is 3.84. The van der Waals surface area contributed by atoms with Crippen molar-refractivity contribution in [3.05, 3.63) is 52.5 Å². The molecule has 0 saturated heterocycles. The standard InChI is InChI=1S/C17H17N3O2S/c1-2-12-5-3-4-6-14(12)18-15(21)7-8-16-19-17(20-22-16)13-9-10-23-11-13/h3-6,9-11H,2,7-8H2,1H3,(H,18,21). The Kier molecular flexibility index (Phi) is 4.83. The Morgan fingerprint density at radius 1 is 1.30 bits per heavy atom. The van der Waals surface area contributed by atoms with Crippen molar-refractivity contribution < 1.29 is 9.32 Å². The summed E-state index contributed by atoms with van der Waals surface area (Å²) in [6.07, 6.45) is 1.62. The molecule has 1 amide bonds. The lowest BCUT2D eigenvalue weighted by atomic mass is 10.1. The Bertz CT molecular complexity index is 781. The first-order valence-electron chi connectivity index (χ1n) is 7.49. The first-order chi connectivity index (χ1) is 11.3. The fourth-order valence-corrected chi connectivity index (χ4v) is 2.88. The average Bonchev–Trinajstić information content (AvgIpc) is 3.24. The minimum absolute atomic E-state index is 0.0545. The Balaban J connectivity index is 1.57. The summed E-state index contributed by atoms with van der Waals surface area (Å²) < 4.78 is 5.20. The van der Waals surface area contributed by atoms with E-state index in [0.29, 0.717) is 24.6 Å². The Morgan fingerprint density at radius 2 is 2.17 bits per heavy atom. The van der Waals surface area contributed by atoms with Crippen molar-refractivity contribution in [2.75, 3.05) is 5.32 Å². The third-order valence-corrected chi connectivity index (χ3v) is 4.17. The normalized spacial score (nSPS) is 10.7. The smallest absolute Gasteiger partial charge is 0.227 e. The fraction of sp³-hybridized carbons (Fsp3) is 0.235. The van der Waals surface area contributed by atoms with Gasteiger partial charge in [-0.15, -0.1) is 0 Å². The molecule has 2 heterocycles. The number of aryl methyl sites for hydroxylation is 2. The van der Waals surface area contributed by atoms with Crippen molar-refractivity contribution in [2.45, 2.75) is 26.2 Å². The maximum atomic E-state index is 12.1. The molecule has 118 valence electrons. The first-order valence-corrected chi connectivity index (χ1v) is 8.43. The molecule has 1 N–H and O–H groups in total. The van der Waals surface area contributed by atoms with Gasteiger partial charge in [0.05, 0.1) is 0 Å². The zero-order valence-electron chi connectivity index (χ0n) is 12.8. The van der Waals surface area contributed by atoms with Gasteiger partial charge in [-0.05, 0) is 29.5 Å². The molecule has 0 bridgehead atoms. The highest BCUT2D eigenvalue weighted by Gasteiger charge is 2.11. The van der Waals surface area contributed by atoms with E-state index < -0.39 is 0 Å². The van der Waals surface area contributed by atoms with Gasteiger partial charge in [-0.2, -0.15) is 16.3 Å². The van der Waals surface area contributed by atoms with E-state index in [-0.39, 0.29) is 5.91 Å². The van der Waals surface area contributed by atoms with E-state index in [2.05, 4.69) is 22.4 Å². The first kappa shape index (κ1) is 15.4. The Hall–Kier alpha value is -2.47. The van der Waals surface area contributed by atoms with Crippen molar-refractivity contribution in [2.24, 2.45) is 0 Å². The summed E-state index contributed by atoms with van der Waals surface area (Å²) in [7, 11) is 0. The zero-order chi connectivity index (χ0) is 16.1. The number of hydrogen-bond donors (Lipinski definition) is 1. The van der Waals surface area contributed by atoms with E-state index in [9.17, 15) is 4.79 Å². The highest BCUT2D eigenvalue weighted by molar-refractivity contribution is 7.08. The molecule has 0 unspecified atom stereocenters. The van der Waals surface area contributed by atoms with Crippen LogP contribution in [0.2, 0.25) is 0 Å². The molecule has 0 radical (unpaired) electrons. The van der Waals surface area contributed by atoms with Crippen LogP contribution in [0.3, 0.4) is 0 Å². The van der Waals surface area contributed by atoms with Gasteiger partial charge in [-0.25, -0.2) is 0 Å². The van der Waals surface area contributed by atoms with Gasteiger partial charge in [0, 0.05) is 29.5 Å². The molecule has 6 heteroatoms. The van der Waals surface area contributed by atoms with Gasteiger partial charge >= 0.3 is 0 Å². The lowest BCUT2D eigenvalue weighted by Crippen LogP contribution is -2.13. The second kappa shape index (κ2) is 7.19. The van der Waals surface area contributed by atoms with E-state index in [0.717, 1.165) is 23.2 Å². The predicted molar refractivity (Wildman–Crippen MR) is 90.4 cm³/mol. The molecule has 0 saturated carbocycles. The molecular formula is C17H17N3O2S. The van der Waals surface area contributed by atoms with Crippen molar-refractivity contribution in [1.29, 1.82) is 0 Å². The minimum atomic E-state index is -0.0545. The van der Waals surface area contributed by atoms with Crippen LogP contribution in [0.15, 0.2) is 45.6 Å². The van der Waals surface area contributed by atoms with Gasteiger partial charge in [0.15, 0.2) is 0 Å². The van der Waals surface area contributed by atoms with Crippen LogP contribution >= 0.6 is 11.3 Å². The van der Waals surface area contributed by atoms with E-state index in [4.69, 9.17) is 4.52 Å². The lowest BCUT2D eigenvalue weighted by molar-refractivity contribution is -0.116. The molecule has 0 aliphatic carbocycles. The zero-order valence-corrected chi connectivity index (χ0v) is 13.6. The van der Waals surface area contributed by atoms with Gasteiger partial charge < -0.3 is 9.84 Å². The highest BCUT2D eigenvalue weighted by atomic mass is 32.1. The predicted octanol–water partition coefficient (Wildman–Crippen LogP) is 3.93. The van der Waals surface area contributed by atoms with Gasteiger partial charge in [0.25, 0.3) is 0 Å². The van der Waals surface area contributed by atoms with Crippen molar-refractivity contribution in [1.82, 2.24) is 10.1 Å². The van der Waals surface area contributed by atoms with Crippen LogP contribution in [0.1, 0.15) is 24.8 Å². The number of nitrogens with one attached hydrogen (secondary N) is 1. The third-order valence-electron chi connectivity index (χ3n) is 3.49. The van der Waals surface area contributed by atoms with E-state index >= 15 is 0 Å². The summed E-state index contributed by atoms with van der Waals surface area (Å²) in [6, 6.07) is 9.76. The second-order valence-corrected chi connectivity index (χ2v) is 5.86. The summed E-state index contributed by atoms with van der Waals surface area (Å²) in [5, 5.41) is 10.8. The molecule has 23 heavy (non-hydrogen) atoms. The molecule has 1 aromatic carbocycles. The largest absolute Gasteiger partial charge is 0.339 e. The molecule has 5 nitrogen and oxygen atoms in total. The van der Waals surface area contributed by atoms with Gasteiger partial charge in [0.1, 0.15) is 0 Å². The van der Waals surface area contributed by atoms with E-state index in [1.54, 1.807) is 11.3 Å². The summed E-state index contributed by atoms with van der Waals surface area (Å²) in [5.74, 6) is 0.990. The molecule has 2 aromatic heterocycles. The number of rotatable bonds is 6. The van der Waals surface area contributed by atoms with Crippen LogP contribution in [0.25, 0.3) is 11.4 Å². The summed E-state index contributed by atoms with van der Waals surface area (Å²) in [4.78, 5) is 16.4. The van der Waals surface area contributed by atoms with Crippen LogP contribution < -0.4 is 5.32 Å². The molecular weight excluding hydrogens is 310 g/mol. The number of para-hydroxylation sites is 1. The number of thiophene rings is 1. The van der Waals surface area contributed by atoms with Crippen molar-refractivity contribution in [3.8, 4) is 11.4 Å². The maximum Gasteiger partial charge on any atom is 0.227 e. The number of carbonyl (C=O) groups excluding carboxylic acids is 1. The van der Waals surface area contributed by atoms with Gasteiger partial charge in [0.2, 0.25) is 17.6 Å². The summed E-state index contributed by atoms with van der Waals surface area (Å²) in [6.45, 7) is 2.06. The van der Waals surface area contributed by atoms with Crippen molar-refractivity contribution >= 4 is 22.9 Å². The monoisotopic (exact) mass is 327 g/mol. The van der Waals surface area contributed by atoms with E-state index in [1.807, 2.05) is 41.1 Å². The number of hydrogen-bond acceptors (Lipinski definition) is 5. The van der Waals surface area contributed by atoms with Crippen LogP contribution in [0, 0.1) is 0 Å². The van der Waals surface area contributed by atoms with Gasteiger partial charge in [-0.1, -0.05) is 30.3 Å². The Morgan fingerprint density at radius 3 is 2.96 bits per heavy atom. The van der Waals surface area contributed by atoms with Crippen LogP contribution in [-0.4, -0.2) is 16.0 Å². The van der Waals surface area contributed by atoms with Crippen LogP contribution in [0.4, 0.5) is 5.69 Å². The van der Waals surface area contributed by atoms with Crippen molar-refractivity contribution in [3.63, 3.8) is 0 Å². The summed E-state index contributed by atoms with van der Waals surface area (Å²) in [5.41, 5.74) is 2.93. The maximum absolute atomic E-state index is 12.1. The number of carbonyl (C=O) groups is 1. The topological polar surface area (TPSA) is 68.0 Å². The fourth-order valence-electron chi connectivity index (χ4n) is 2.25. The highest BCUT2D eigenvalue weighted by Crippen LogP contribution is 2.19. The molecule has 0 atom stereocenters. The number of amides is 1. The molecule has 0 aliphatic heterocycles.